The van der Waals surface area contributed by atoms with Gasteiger partial charge in [0.15, 0.2) is 0 Å². The van der Waals surface area contributed by atoms with Crippen molar-refractivity contribution in [3.63, 3.8) is 0 Å². The third-order valence-electron chi connectivity index (χ3n) is 2.51. The summed E-state index contributed by atoms with van der Waals surface area (Å²) >= 11 is 0. The van der Waals surface area contributed by atoms with Crippen molar-refractivity contribution in [2.45, 2.75) is 0 Å². The van der Waals surface area contributed by atoms with Crippen LogP contribution in [0.15, 0.2) is 48.5 Å². The first kappa shape index (κ1) is 11.2. The van der Waals surface area contributed by atoms with Gasteiger partial charge in [-0.2, -0.15) is 0 Å². The molecule has 0 saturated heterocycles. The summed E-state index contributed by atoms with van der Waals surface area (Å²) < 4.78 is 0. The van der Waals surface area contributed by atoms with Crippen LogP contribution in [0.3, 0.4) is 0 Å². The number of carbonyl (C=O) groups is 1. The summed E-state index contributed by atoms with van der Waals surface area (Å²) in [4.78, 5) is 11.4. The largest absolute Gasteiger partial charge is 0.398 e. The van der Waals surface area contributed by atoms with Gasteiger partial charge >= 0.3 is 0 Å². The number of carbonyl (C=O) groups excluding carboxylic acids is 1. The zero-order chi connectivity index (χ0) is 12.3. The smallest absolute Gasteiger partial charge is 0.276 e. The van der Waals surface area contributed by atoms with E-state index in [1.54, 1.807) is 17.6 Å². The molecule has 0 heterocycles. The summed E-state index contributed by atoms with van der Waals surface area (Å²) in [6.07, 6.45) is 0. The second kappa shape index (κ2) is 4.67. The molecule has 0 aliphatic rings. The van der Waals surface area contributed by atoms with Crippen LogP contribution in [0.2, 0.25) is 0 Å². The number of amides is 1. The predicted octanol–water partition coefficient (Wildman–Crippen LogP) is 2.05. The molecular formula is C13H12N2O2. The maximum Gasteiger partial charge on any atom is 0.276 e. The summed E-state index contributed by atoms with van der Waals surface area (Å²) in [6, 6.07) is 14.7. The number of hydroxylamine groups is 1. The van der Waals surface area contributed by atoms with Crippen molar-refractivity contribution in [3.8, 4) is 11.1 Å². The highest BCUT2D eigenvalue weighted by Gasteiger charge is 2.10. The topological polar surface area (TPSA) is 75.4 Å². The molecule has 0 aliphatic carbocycles. The van der Waals surface area contributed by atoms with Crippen molar-refractivity contribution in [1.82, 2.24) is 5.48 Å². The first-order valence-corrected chi connectivity index (χ1v) is 5.12. The second-order valence-electron chi connectivity index (χ2n) is 3.61. The number of benzene rings is 2. The van der Waals surface area contributed by atoms with Gasteiger partial charge in [-0.25, -0.2) is 5.48 Å². The van der Waals surface area contributed by atoms with Crippen LogP contribution in [0.5, 0.6) is 0 Å². The Balaban J connectivity index is 2.48. The summed E-state index contributed by atoms with van der Waals surface area (Å²) in [7, 11) is 0. The van der Waals surface area contributed by atoms with Gasteiger partial charge in [-0.15, -0.1) is 0 Å². The van der Waals surface area contributed by atoms with Crippen LogP contribution in [0, 0.1) is 0 Å². The van der Waals surface area contributed by atoms with Gasteiger partial charge in [-0.1, -0.05) is 36.4 Å². The van der Waals surface area contributed by atoms with E-state index in [1.165, 1.54) is 0 Å². The Morgan fingerprint density at radius 3 is 2.41 bits per heavy atom. The van der Waals surface area contributed by atoms with Crippen LogP contribution in [-0.2, 0) is 0 Å². The van der Waals surface area contributed by atoms with Crippen molar-refractivity contribution in [3.05, 3.63) is 54.1 Å². The lowest BCUT2D eigenvalue weighted by Gasteiger charge is -2.07. The highest BCUT2D eigenvalue weighted by molar-refractivity contribution is 5.99. The van der Waals surface area contributed by atoms with Crippen LogP contribution in [-0.4, -0.2) is 11.1 Å². The summed E-state index contributed by atoms with van der Waals surface area (Å²) in [5, 5.41) is 8.62. The number of hydrogen-bond donors (Lipinski definition) is 3. The Morgan fingerprint density at radius 1 is 1.06 bits per heavy atom. The van der Waals surface area contributed by atoms with E-state index < -0.39 is 5.91 Å². The fraction of sp³-hybridized carbons (Fsp3) is 0. The molecule has 2 aromatic carbocycles. The third-order valence-corrected chi connectivity index (χ3v) is 2.51. The predicted molar refractivity (Wildman–Crippen MR) is 65.5 cm³/mol. The quantitative estimate of drug-likeness (QED) is 0.418. The highest BCUT2D eigenvalue weighted by atomic mass is 16.5. The van der Waals surface area contributed by atoms with E-state index in [0.29, 0.717) is 5.69 Å². The first-order valence-electron chi connectivity index (χ1n) is 5.12. The maximum absolute atomic E-state index is 11.4. The maximum atomic E-state index is 11.4. The van der Waals surface area contributed by atoms with Gasteiger partial charge in [0.1, 0.15) is 0 Å². The molecule has 4 heteroatoms. The van der Waals surface area contributed by atoms with E-state index >= 15 is 0 Å². The van der Waals surface area contributed by atoms with Gasteiger partial charge in [0.05, 0.1) is 5.56 Å². The lowest BCUT2D eigenvalue weighted by molar-refractivity contribution is 0.0707. The van der Waals surface area contributed by atoms with Crippen LogP contribution < -0.4 is 11.2 Å². The van der Waals surface area contributed by atoms with Gasteiger partial charge in [-0.3, -0.25) is 10.0 Å². The Labute approximate surface area is 98.7 Å². The number of nitrogens with two attached hydrogens (primary N) is 1. The van der Waals surface area contributed by atoms with Gasteiger partial charge in [0.2, 0.25) is 0 Å². The Hall–Kier alpha value is -2.33. The Kier molecular flexibility index (Phi) is 3.07. The Bertz CT molecular complexity index is 538. The molecule has 17 heavy (non-hydrogen) atoms. The molecule has 4 nitrogen and oxygen atoms in total. The molecule has 0 unspecified atom stereocenters. The van der Waals surface area contributed by atoms with Crippen LogP contribution in [0.4, 0.5) is 5.69 Å². The minimum atomic E-state index is -0.611. The fourth-order valence-electron chi connectivity index (χ4n) is 1.62. The van der Waals surface area contributed by atoms with E-state index in [0.717, 1.165) is 11.1 Å². The summed E-state index contributed by atoms with van der Waals surface area (Å²) in [5.74, 6) is -0.611. The number of nitrogens with one attached hydrogen (secondary N) is 1. The van der Waals surface area contributed by atoms with Crippen LogP contribution >= 0.6 is 0 Å². The molecule has 0 radical (unpaired) electrons. The monoisotopic (exact) mass is 228 g/mol. The van der Waals surface area contributed by atoms with Crippen molar-refractivity contribution >= 4 is 11.6 Å². The molecular weight excluding hydrogens is 216 g/mol. The zero-order valence-electron chi connectivity index (χ0n) is 9.05. The van der Waals surface area contributed by atoms with Crippen LogP contribution in [0.1, 0.15) is 10.4 Å². The first-order chi connectivity index (χ1) is 8.22. The lowest BCUT2D eigenvalue weighted by atomic mass is 10.0. The molecule has 0 saturated carbocycles. The zero-order valence-corrected chi connectivity index (χ0v) is 9.05. The molecule has 2 rings (SSSR count). The average molecular weight is 228 g/mol. The van der Waals surface area contributed by atoms with E-state index in [-0.39, 0.29) is 5.56 Å². The normalized spacial score (nSPS) is 9.94. The number of anilines is 1. The number of nitrogen functional groups attached to an aromatic ring is 1. The molecule has 0 aliphatic heterocycles. The molecule has 2 aromatic rings. The second-order valence-corrected chi connectivity index (χ2v) is 3.61. The summed E-state index contributed by atoms with van der Waals surface area (Å²) in [5.41, 5.74) is 9.70. The van der Waals surface area contributed by atoms with E-state index in [2.05, 4.69) is 0 Å². The van der Waals surface area contributed by atoms with E-state index in [9.17, 15) is 4.79 Å². The molecule has 0 aromatic heterocycles. The van der Waals surface area contributed by atoms with E-state index in [4.69, 9.17) is 10.9 Å². The number of rotatable bonds is 2. The molecule has 0 atom stereocenters. The SMILES string of the molecule is Nc1ccc(-c2ccccc2)cc1C(=O)NO. The van der Waals surface area contributed by atoms with Gasteiger partial charge in [-0.05, 0) is 23.3 Å². The van der Waals surface area contributed by atoms with Crippen molar-refractivity contribution in [2.24, 2.45) is 0 Å². The molecule has 0 bridgehead atoms. The minimum absolute atomic E-state index is 0.258. The van der Waals surface area contributed by atoms with E-state index in [1.807, 2.05) is 36.4 Å². The van der Waals surface area contributed by atoms with Gasteiger partial charge < -0.3 is 5.73 Å². The average Bonchev–Trinajstić information content (AvgIpc) is 2.39. The molecule has 1 amide bonds. The van der Waals surface area contributed by atoms with Crippen molar-refractivity contribution in [2.75, 3.05) is 5.73 Å². The van der Waals surface area contributed by atoms with Crippen molar-refractivity contribution in [1.29, 1.82) is 0 Å². The molecule has 4 N–H and O–H groups in total. The molecule has 86 valence electrons. The molecule has 0 fully saturated rings. The number of hydrogen-bond acceptors (Lipinski definition) is 3. The lowest BCUT2D eigenvalue weighted by Crippen LogP contribution is -2.20. The van der Waals surface area contributed by atoms with Gasteiger partial charge in [0, 0.05) is 5.69 Å². The Morgan fingerprint density at radius 2 is 1.76 bits per heavy atom. The third kappa shape index (κ3) is 2.26. The minimum Gasteiger partial charge on any atom is -0.398 e. The molecule has 0 spiro atoms. The van der Waals surface area contributed by atoms with Crippen molar-refractivity contribution < 1.29 is 10.0 Å². The fourth-order valence-corrected chi connectivity index (χ4v) is 1.62. The standard InChI is InChI=1S/C13H12N2O2/c14-12-7-6-10(8-11(12)13(16)15-17)9-4-2-1-3-5-9/h1-8,17H,14H2,(H,15,16). The van der Waals surface area contributed by atoms with Crippen LogP contribution in [0.25, 0.3) is 11.1 Å². The highest BCUT2D eigenvalue weighted by Crippen LogP contribution is 2.23. The van der Waals surface area contributed by atoms with Gasteiger partial charge in [0.25, 0.3) is 5.91 Å². The summed E-state index contributed by atoms with van der Waals surface area (Å²) in [6.45, 7) is 0.